The zero-order valence-corrected chi connectivity index (χ0v) is 27.1. The molecule has 1 atom stereocenters. The van der Waals surface area contributed by atoms with Gasteiger partial charge in [-0.05, 0) is 76.5 Å². The van der Waals surface area contributed by atoms with E-state index in [0.29, 0.717) is 12.2 Å². The van der Waals surface area contributed by atoms with Gasteiger partial charge in [-0.1, -0.05) is 92.2 Å². The number of halogens is 1. The Labute approximate surface area is 268 Å². The highest BCUT2D eigenvalue weighted by atomic mass is 127. The minimum atomic E-state index is -4.11. The third kappa shape index (κ3) is 8.90. The third-order valence-electron chi connectivity index (χ3n) is 7.02. The van der Waals surface area contributed by atoms with Gasteiger partial charge in [0.05, 0.1) is 10.6 Å². The first-order chi connectivity index (χ1) is 20.8. The number of unbranched alkanes of at least 4 members (excludes halogenated alkanes) is 1. The minimum Gasteiger partial charge on any atom is -0.354 e. The average molecular weight is 710 g/mol. The van der Waals surface area contributed by atoms with Crippen LogP contribution in [0.2, 0.25) is 0 Å². The molecule has 4 aromatic rings. The molecule has 0 saturated heterocycles. The molecule has 1 N–H and O–H groups in total. The van der Waals surface area contributed by atoms with Gasteiger partial charge in [0.1, 0.15) is 12.6 Å². The molecule has 0 fully saturated rings. The lowest BCUT2D eigenvalue weighted by Gasteiger charge is -2.34. The van der Waals surface area contributed by atoms with Crippen molar-refractivity contribution in [2.75, 3.05) is 17.4 Å². The van der Waals surface area contributed by atoms with Gasteiger partial charge in [0.2, 0.25) is 11.8 Å². The first-order valence-corrected chi connectivity index (χ1v) is 16.8. The van der Waals surface area contributed by atoms with E-state index in [0.717, 1.165) is 31.8 Å². The average Bonchev–Trinajstić information content (AvgIpc) is 3.03. The van der Waals surface area contributed by atoms with Crippen molar-refractivity contribution in [2.45, 2.75) is 43.7 Å². The molecule has 224 valence electrons. The number of anilines is 1. The summed E-state index contributed by atoms with van der Waals surface area (Å²) in [7, 11) is -4.11. The second kappa shape index (κ2) is 15.7. The maximum atomic E-state index is 14.4. The summed E-state index contributed by atoms with van der Waals surface area (Å²) in [6.07, 6.45) is 2.01. The van der Waals surface area contributed by atoms with Gasteiger partial charge in [-0.25, -0.2) is 8.42 Å². The number of carbonyl (C=O) groups excluding carboxylic acids is 2. The van der Waals surface area contributed by atoms with E-state index in [1.54, 1.807) is 42.5 Å². The van der Waals surface area contributed by atoms with Crippen LogP contribution in [0.3, 0.4) is 0 Å². The summed E-state index contributed by atoms with van der Waals surface area (Å²) in [5.41, 5.74) is 2.10. The number of sulfonamides is 1. The maximum absolute atomic E-state index is 14.4. The summed E-state index contributed by atoms with van der Waals surface area (Å²) in [6.45, 7) is 2.21. The monoisotopic (exact) mass is 709 g/mol. The Morgan fingerprint density at radius 2 is 1.35 bits per heavy atom. The number of hydrogen-bond acceptors (Lipinski definition) is 4. The minimum absolute atomic E-state index is 0.0779. The summed E-state index contributed by atoms with van der Waals surface area (Å²) in [6, 6.07) is 33.2. The van der Waals surface area contributed by atoms with Crippen molar-refractivity contribution in [3.63, 3.8) is 0 Å². The molecule has 0 radical (unpaired) electrons. The molecule has 4 rings (SSSR count). The molecular weight excluding hydrogens is 673 g/mol. The second-order valence-corrected chi connectivity index (χ2v) is 13.3. The maximum Gasteiger partial charge on any atom is 0.264 e. The molecule has 43 heavy (non-hydrogen) atoms. The molecule has 0 bridgehead atoms. The van der Waals surface area contributed by atoms with E-state index >= 15 is 0 Å². The smallest absolute Gasteiger partial charge is 0.264 e. The van der Waals surface area contributed by atoms with Gasteiger partial charge in [0.25, 0.3) is 10.0 Å². The normalized spacial score (nSPS) is 11.9. The van der Waals surface area contributed by atoms with E-state index in [4.69, 9.17) is 0 Å². The van der Waals surface area contributed by atoms with Crippen LogP contribution in [0.5, 0.6) is 0 Å². The van der Waals surface area contributed by atoms with Crippen molar-refractivity contribution in [1.29, 1.82) is 0 Å². The van der Waals surface area contributed by atoms with Crippen LogP contribution < -0.4 is 9.62 Å². The Balaban J connectivity index is 1.76. The van der Waals surface area contributed by atoms with Crippen molar-refractivity contribution >= 4 is 50.1 Å². The SMILES string of the molecule is CCCCNC(=O)[C@@H](Cc1ccccc1)N(Cc1ccccc1)C(=O)CN(c1ccc(I)cc1)S(=O)(=O)c1ccccc1. The molecule has 0 aliphatic heterocycles. The predicted molar refractivity (Wildman–Crippen MR) is 179 cm³/mol. The van der Waals surface area contributed by atoms with Crippen LogP contribution in [0.1, 0.15) is 30.9 Å². The van der Waals surface area contributed by atoms with Crippen LogP contribution in [0, 0.1) is 3.57 Å². The van der Waals surface area contributed by atoms with E-state index in [2.05, 4.69) is 27.9 Å². The fourth-order valence-electron chi connectivity index (χ4n) is 4.70. The van der Waals surface area contributed by atoms with Gasteiger partial charge < -0.3 is 10.2 Å². The second-order valence-electron chi connectivity index (χ2n) is 10.2. The van der Waals surface area contributed by atoms with Crippen LogP contribution in [0.4, 0.5) is 5.69 Å². The molecule has 9 heteroatoms. The summed E-state index contributed by atoms with van der Waals surface area (Å²) < 4.78 is 30.0. The van der Waals surface area contributed by atoms with Gasteiger partial charge in [0.15, 0.2) is 0 Å². The lowest BCUT2D eigenvalue weighted by atomic mass is 10.0. The van der Waals surface area contributed by atoms with Gasteiger partial charge in [0, 0.05) is 23.1 Å². The highest BCUT2D eigenvalue weighted by molar-refractivity contribution is 14.1. The van der Waals surface area contributed by atoms with E-state index < -0.39 is 28.5 Å². The lowest BCUT2D eigenvalue weighted by molar-refractivity contribution is -0.140. The fourth-order valence-corrected chi connectivity index (χ4v) is 6.49. The molecule has 0 heterocycles. The summed E-state index contributed by atoms with van der Waals surface area (Å²) in [5.74, 6) is -0.748. The number of nitrogens with one attached hydrogen (secondary N) is 1. The van der Waals surface area contributed by atoms with Crippen molar-refractivity contribution in [1.82, 2.24) is 10.2 Å². The predicted octanol–water partition coefficient (Wildman–Crippen LogP) is 6.04. The first kappa shape index (κ1) is 32.2. The highest BCUT2D eigenvalue weighted by Gasteiger charge is 2.34. The number of rotatable bonds is 14. The van der Waals surface area contributed by atoms with Crippen molar-refractivity contribution < 1.29 is 18.0 Å². The van der Waals surface area contributed by atoms with Gasteiger partial charge in [-0.3, -0.25) is 13.9 Å². The Morgan fingerprint density at radius 1 is 0.791 bits per heavy atom. The summed E-state index contributed by atoms with van der Waals surface area (Å²) in [5, 5.41) is 3.01. The number of carbonyl (C=O) groups is 2. The van der Waals surface area contributed by atoms with Crippen molar-refractivity contribution in [3.8, 4) is 0 Å². The van der Waals surface area contributed by atoms with Gasteiger partial charge in [-0.2, -0.15) is 0 Å². The zero-order chi connectivity index (χ0) is 30.7. The molecule has 0 saturated carbocycles. The van der Waals surface area contributed by atoms with Gasteiger partial charge >= 0.3 is 0 Å². The van der Waals surface area contributed by atoms with Crippen LogP contribution >= 0.6 is 22.6 Å². The Hall–Kier alpha value is -3.70. The van der Waals surface area contributed by atoms with E-state index in [9.17, 15) is 18.0 Å². The summed E-state index contributed by atoms with van der Waals surface area (Å²) in [4.78, 5) is 29.7. The molecule has 7 nitrogen and oxygen atoms in total. The van der Waals surface area contributed by atoms with Crippen LogP contribution in [0.15, 0.2) is 120 Å². The van der Waals surface area contributed by atoms with Crippen molar-refractivity contribution in [3.05, 3.63) is 130 Å². The number of amides is 2. The van der Waals surface area contributed by atoms with E-state index in [-0.39, 0.29) is 23.8 Å². The molecule has 2 amide bonds. The molecule has 0 aliphatic carbocycles. The van der Waals surface area contributed by atoms with Crippen molar-refractivity contribution in [2.24, 2.45) is 0 Å². The summed E-state index contributed by atoms with van der Waals surface area (Å²) >= 11 is 2.15. The Bertz CT molecular complexity index is 1570. The zero-order valence-electron chi connectivity index (χ0n) is 24.1. The first-order valence-electron chi connectivity index (χ1n) is 14.3. The van der Waals surface area contributed by atoms with Crippen LogP contribution in [-0.2, 0) is 32.6 Å². The standard InChI is InChI=1S/C34H36IN3O4S/c1-2-3-23-36-34(40)32(24-27-13-7-4-8-14-27)37(25-28-15-9-5-10-16-28)33(39)26-38(30-21-19-29(35)20-22-30)43(41,42)31-17-11-6-12-18-31/h4-22,32H,2-3,23-26H2,1H3,(H,36,40)/t32-/m1/s1. The topological polar surface area (TPSA) is 86.8 Å². The fraction of sp³-hybridized carbons (Fsp3) is 0.235. The van der Waals surface area contributed by atoms with Crippen LogP contribution in [0.25, 0.3) is 0 Å². The number of benzene rings is 4. The lowest BCUT2D eigenvalue weighted by Crippen LogP contribution is -2.53. The Morgan fingerprint density at radius 3 is 1.93 bits per heavy atom. The molecular formula is C34H36IN3O4S. The third-order valence-corrected chi connectivity index (χ3v) is 9.53. The molecule has 0 unspecified atom stereocenters. The highest BCUT2D eigenvalue weighted by Crippen LogP contribution is 2.26. The van der Waals surface area contributed by atoms with E-state index in [1.807, 2.05) is 67.6 Å². The number of hydrogen-bond donors (Lipinski definition) is 1. The van der Waals surface area contributed by atoms with E-state index in [1.165, 1.54) is 17.0 Å². The Kier molecular flexibility index (Phi) is 11.7. The quantitative estimate of drug-likeness (QED) is 0.128. The number of nitrogens with zero attached hydrogens (tertiary/aromatic N) is 2. The largest absolute Gasteiger partial charge is 0.354 e. The molecule has 0 aliphatic rings. The van der Waals surface area contributed by atoms with Crippen LogP contribution in [-0.4, -0.2) is 44.3 Å². The molecule has 0 aromatic heterocycles. The van der Waals surface area contributed by atoms with Gasteiger partial charge in [-0.15, -0.1) is 0 Å². The molecule has 0 spiro atoms. The molecule has 4 aromatic carbocycles.